The molecule has 164 valence electrons. The highest BCUT2D eigenvalue weighted by atomic mass is 32.1. The molecule has 3 heterocycles. The molecule has 31 heavy (non-hydrogen) atoms. The van der Waals surface area contributed by atoms with Gasteiger partial charge in [0.25, 0.3) is 5.91 Å². The van der Waals surface area contributed by atoms with E-state index in [1.807, 2.05) is 47.7 Å². The minimum atomic E-state index is -0.00755. The third-order valence-electron chi connectivity index (χ3n) is 5.81. The van der Waals surface area contributed by atoms with Crippen molar-refractivity contribution in [1.29, 1.82) is 0 Å². The molecule has 0 saturated carbocycles. The van der Waals surface area contributed by atoms with E-state index in [4.69, 9.17) is 4.74 Å². The topological polar surface area (TPSA) is 76.5 Å². The van der Waals surface area contributed by atoms with E-state index < -0.39 is 0 Å². The number of fused-ring (bicyclic) bond motifs is 1. The zero-order chi connectivity index (χ0) is 21.8. The van der Waals surface area contributed by atoms with E-state index >= 15 is 0 Å². The fourth-order valence-corrected chi connectivity index (χ4v) is 4.80. The Bertz CT molecular complexity index is 1050. The number of carbonyl (C=O) groups is 2. The summed E-state index contributed by atoms with van der Waals surface area (Å²) in [4.78, 5) is 32.9. The minimum Gasteiger partial charge on any atom is -0.497 e. The van der Waals surface area contributed by atoms with Gasteiger partial charge in [0.15, 0.2) is 0 Å². The lowest BCUT2D eigenvalue weighted by Crippen LogP contribution is -2.43. The Kier molecular flexibility index (Phi) is 6.56. The quantitative estimate of drug-likeness (QED) is 0.610. The number of benzene rings is 1. The van der Waals surface area contributed by atoms with Crippen LogP contribution >= 0.6 is 11.3 Å². The number of nitrogens with zero attached hydrogens (tertiary/aromatic N) is 3. The first-order chi connectivity index (χ1) is 15.1. The van der Waals surface area contributed by atoms with Gasteiger partial charge in [0.2, 0.25) is 5.91 Å². The lowest BCUT2D eigenvalue weighted by molar-refractivity contribution is -0.126. The molecule has 2 aromatic heterocycles. The van der Waals surface area contributed by atoms with E-state index in [1.165, 1.54) is 0 Å². The number of likely N-dealkylation sites (tertiary alicyclic amines) is 1. The second kappa shape index (κ2) is 9.51. The normalized spacial score (nSPS) is 14.7. The number of thiazole rings is 1. The predicted octanol–water partition coefficient (Wildman–Crippen LogP) is 3.53. The van der Waals surface area contributed by atoms with Crippen LogP contribution < -0.4 is 10.1 Å². The molecule has 1 aliphatic heterocycles. The molecule has 0 radical (unpaired) electrons. The molecule has 8 heteroatoms. The Labute approximate surface area is 186 Å². The molecule has 0 bridgehead atoms. The average molecular weight is 441 g/mol. The third-order valence-corrected chi connectivity index (χ3v) is 6.67. The van der Waals surface area contributed by atoms with Crippen molar-refractivity contribution in [2.75, 3.05) is 26.7 Å². The first-order valence-electron chi connectivity index (χ1n) is 10.7. The Hall–Kier alpha value is -2.87. The molecule has 7 nitrogen and oxygen atoms in total. The second-order valence-electron chi connectivity index (χ2n) is 7.86. The third kappa shape index (κ3) is 4.58. The van der Waals surface area contributed by atoms with Gasteiger partial charge in [-0.1, -0.05) is 19.1 Å². The van der Waals surface area contributed by atoms with Gasteiger partial charge in [-0.2, -0.15) is 0 Å². The van der Waals surface area contributed by atoms with Crippen molar-refractivity contribution in [1.82, 2.24) is 19.8 Å². The van der Waals surface area contributed by atoms with Crippen molar-refractivity contribution in [3.8, 4) is 5.75 Å². The van der Waals surface area contributed by atoms with Crippen LogP contribution in [-0.4, -0.2) is 53.0 Å². The largest absolute Gasteiger partial charge is 0.497 e. The fourth-order valence-electron chi connectivity index (χ4n) is 4.01. The summed E-state index contributed by atoms with van der Waals surface area (Å²) in [5, 5.41) is 2.97. The van der Waals surface area contributed by atoms with Crippen LogP contribution in [0.1, 0.15) is 42.2 Å². The van der Waals surface area contributed by atoms with Crippen molar-refractivity contribution in [2.45, 2.75) is 32.7 Å². The predicted molar refractivity (Wildman–Crippen MR) is 122 cm³/mol. The van der Waals surface area contributed by atoms with Gasteiger partial charge in [0.05, 0.1) is 12.6 Å². The van der Waals surface area contributed by atoms with E-state index in [0.29, 0.717) is 44.7 Å². The number of aromatic nitrogens is 2. The molecule has 1 aliphatic rings. The van der Waals surface area contributed by atoms with Gasteiger partial charge >= 0.3 is 0 Å². The van der Waals surface area contributed by atoms with Crippen LogP contribution in [0.4, 0.5) is 0 Å². The number of ether oxygens (including phenoxy) is 1. The summed E-state index contributed by atoms with van der Waals surface area (Å²) in [7, 11) is 1.65. The summed E-state index contributed by atoms with van der Waals surface area (Å²) in [5.74, 6) is 0.917. The molecule has 2 amide bonds. The van der Waals surface area contributed by atoms with E-state index in [1.54, 1.807) is 18.4 Å². The zero-order valence-electron chi connectivity index (χ0n) is 18.0. The highest BCUT2D eigenvalue weighted by Gasteiger charge is 2.29. The molecule has 0 unspecified atom stereocenters. The first kappa shape index (κ1) is 21.4. The van der Waals surface area contributed by atoms with Gasteiger partial charge in [-0.05, 0) is 43.0 Å². The Morgan fingerprint density at radius 2 is 1.97 bits per heavy atom. The molecule has 0 aliphatic carbocycles. The zero-order valence-corrected chi connectivity index (χ0v) is 18.8. The number of piperidine rings is 1. The Morgan fingerprint density at radius 1 is 1.23 bits per heavy atom. The lowest BCUT2D eigenvalue weighted by atomic mass is 9.95. The van der Waals surface area contributed by atoms with Crippen molar-refractivity contribution in [3.63, 3.8) is 0 Å². The Balaban J connectivity index is 1.50. The Morgan fingerprint density at radius 3 is 2.65 bits per heavy atom. The van der Waals surface area contributed by atoms with Crippen molar-refractivity contribution >= 4 is 33.5 Å². The maximum Gasteiger partial charge on any atom is 0.270 e. The average Bonchev–Trinajstić information content (AvgIpc) is 3.40. The SMILES string of the molecule is CCCNC(=O)C1CCN(C(=O)c2cc3ncsc3n2Cc2ccc(OC)cc2)CC1. The molecule has 3 aromatic rings. The van der Waals surface area contributed by atoms with E-state index in [9.17, 15) is 9.59 Å². The summed E-state index contributed by atoms with van der Waals surface area (Å²) in [6.45, 7) is 4.53. The van der Waals surface area contributed by atoms with E-state index in [2.05, 4.69) is 14.9 Å². The van der Waals surface area contributed by atoms with Gasteiger partial charge in [-0.3, -0.25) is 9.59 Å². The number of nitrogens with one attached hydrogen (secondary N) is 1. The summed E-state index contributed by atoms with van der Waals surface area (Å²) in [6, 6.07) is 9.77. The summed E-state index contributed by atoms with van der Waals surface area (Å²) in [5.41, 5.74) is 4.39. The number of carbonyl (C=O) groups excluding carboxylic acids is 2. The molecular formula is C23H28N4O3S. The molecular weight excluding hydrogens is 412 g/mol. The number of amides is 2. The van der Waals surface area contributed by atoms with Crippen LogP contribution in [0.15, 0.2) is 35.8 Å². The monoisotopic (exact) mass is 440 g/mol. The molecule has 1 aromatic carbocycles. The fraction of sp³-hybridized carbons (Fsp3) is 0.435. The van der Waals surface area contributed by atoms with Crippen LogP contribution in [0.25, 0.3) is 10.3 Å². The smallest absolute Gasteiger partial charge is 0.270 e. The van der Waals surface area contributed by atoms with Crippen molar-refractivity contribution in [2.24, 2.45) is 5.92 Å². The molecule has 1 saturated heterocycles. The number of hydrogen-bond donors (Lipinski definition) is 1. The molecule has 1 N–H and O–H groups in total. The summed E-state index contributed by atoms with van der Waals surface area (Å²) >= 11 is 1.54. The minimum absolute atomic E-state index is 0.00567. The van der Waals surface area contributed by atoms with Crippen molar-refractivity contribution in [3.05, 3.63) is 47.1 Å². The van der Waals surface area contributed by atoms with Crippen LogP contribution in [0.2, 0.25) is 0 Å². The highest BCUT2D eigenvalue weighted by molar-refractivity contribution is 7.16. The summed E-state index contributed by atoms with van der Waals surface area (Å²) < 4.78 is 7.30. The van der Waals surface area contributed by atoms with Gasteiger partial charge in [-0.15, -0.1) is 11.3 Å². The standard InChI is InChI=1S/C23H28N4O3S/c1-3-10-24-21(28)17-8-11-26(12-9-17)22(29)20-13-19-23(31-15-25-19)27(20)14-16-4-6-18(30-2)7-5-16/h4-7,13,15,17H,3,8-12,14H2,1-2H3,(H,24,28). The molecule has 4 rings (SSSR count). The summed E-state index contributed by atoms with van der Waals surface area (Å²) in [6.07, 6.45) is 2.33. The van der Waals surface area contributed by atoms with Gasteiger partial charge in [0, 0.05) is 32.1 Å². The molecule has 1 fully saturated rings. The molecule has 0 atom stereocenters. The maximum atomic E-state index is 13.4. The highest BCUT2D eigenvalue weighted by Crippen LogP contribution is 2.27. The van der Waals surface area contributed by atoms with E-state index in [0.717, 1.165) is 28.1 Å². The van der Waals surface area contributed by atoms with Crippen LogP contribution in [0.3, 0.4) is 0 Å². The maximum absolute atomic E-state index is 13.4. The van der Waals surface area contributed by atoms with E-state index in [-0.39, 0.29) is 17.7 Å². The van der Waals surface area contributed by atoms with Gasteiger partial charge in [0.1, 0.15) is 21.8 Å². The number of rotatable bonds is 7. The lowest BCUT2D eigenvalue weighted by Gasteiger charge is -2.31. The van der Waals surface area contributed by atoms with Crippen LogP contribution in [0, 0.1) is 5.92 Å². The van der Waals surface area contributed by atoms with Gasteiger partial charge in [-0.25, -0.2) is 4.98 Å². The number of methoxy groups -OCH3 is 1. The molecule has 0 spiro atoms. The first-order valence-corrected chi connectivity index (χ1v) is 11.6. The number of hydrogen-bond acceptors (Lipinski definition) is 5. The van der Waals surface area contributed by atoms with Crippen molar-refractivity contribution < 1.29 is 14.3 Å². The van der Waals surface area contributed by atoms with Gasteiger partial charge < -0.3 is 19.5 Å². The van der Waals surface area contributed by atoms with Crippen LogP contribution in [-0.2, 0) is 11.3 Å². The second-order valence-corrected chi connectivity index (χ2v) is 8.70. The van der Waals surface area contributed by atoms with Crippen LogP contribution in [0.5, 0.6) is 5.75 Å².